The molecule has 1 amide bonds. The third kappa shape index (κ3) is 6.20. The molecule has 4 aromatic carbocycles. The van der Waals surface area contributed by atoms with Gasteiger partial charge in [-0.2, -0.15) is 5.10 Å². The normalized spacial score (nSPS) is 11.4. The number of nitrogens with one attached hydrogen (secondary N) is 1. The summed E-state index contributed by atoms with van der Waals surface area (Å²) in [6.45, 7) is 1.83. The van der Waals surface area contributed by atoms with Gasteiger partial charge in [-0.05, 0) is 60.5 Å². The molecule has 188 valence electrons. The highest BCUT2D eigenvalue weighted by molar-refractivity contribution is 7.92. The van der Waals surface area contributed by atoms with Crippen LogP contribution >= 0.6 is 23.2 Å². The summed E-state index contributed by atoms with van der Waals surface area (Å²) in [5, 5.41) is 4.95. The molecule has 6 nitrogen and oxygen atoms in total. The van der Waals surface area contributed by atoms with Gasteiger partial charge in [-0.3, -0.25) is 9.10 Å². The quantitative estimate of drug-likeness (QED) is 0.201. The minimum absolute atomic E-state index is 0.0466. The highest BCUT2D eigenvalue weighted by atomic mass is 35.5. The maximum absolute atomic E-state index is 13.6. The minimum atomic E-state index is -3.89. The average molecular weight is 552 g/mol. The van der Waals surface area contributed by atoms with Crippen LogP contribution in [-0.2, 0) is 16.6 Å². The molecule has 0 heterocycles. The lowest BCUT2D eigenvalue weighted by molar-refractivity contribution is 0.0955. The van der Waals surface area contributed by atoms with Crippen LogP contribution in [0, 0.1) is 6.92 Å². The number of hydrogen-bond acceptors (Lipinski definition) is 4. The van der Waals surface area contributed by atoms with E-state index in [1.807, 2.05) is 6.07 Å². The summed E-state index contributed by atoms with van der Waals surface area (Å²) >= 11 is 12.4. The maximum Gasteiger partial charge on any atom is 0.271 e. The van der Waals surface area contributed by atoms with Gasteiger partial charge in [-0.15, -0.1) is 0 Å². The molecule has 0 aliphatic rings. The monoisotopic (exact) mass is 551 g/mol. The van der Waals surface area contributed by atoms with Crippen LogP contribution in [0.3, 0.4) is 0 Å². The van der Waals surface area contributed by atoms with Crippen molar-refractivity contribution in [1.29, 1.82) is 0 Å². The van der Waals surface area contributed by atoms with Gasteiger partial charge < -0.3 is 0 Å². The lowest BCUT2D eigenvalue weighted by atomic mass is 10.1. The van der Waals surface area contributed by atoms with E-state index in [-0.39, 0.29) is 11.4 Å². The fourth-order valence-electron chi connectivity index (χ4n) is 3.62. The molecule has 0 spiro atoms. The number of carbonyl (C=O) groups is 1. The van der Waals surface area contributed by atoms with Crippen LogP contribution in [-0.4, -0.2) is 20.5 Å². The highest BCUT2D eigenvalue weighted by Gasteiger charge is 2.27. The van der Waals surface area contributed by atoms with Gasteiger partial charge >= 0.3 is 0 Å². The predicted octanol–water partition coefficient (Wildman–Crippen LogP) is 6.46. The molecular weight excluding hydrogens is 529 g/mol. The second-order valence-electron chi connectivity index (χ2n) is 8.13. The van der Waals surface area contributed by atoms with E-state index in [4.69, 9.17) is 23.2 Å². The molecule has 1 N–H and O–H groups in total. The lowest BCUT2D eigenvalue weighted by Crippen LogP contribution is -2.31. The third-order valence-electron chi connectivity index (χ3n) is 5.66. The number of anilines is 1. The van der Waals surface area contributed by atoms with Crippen LogP contribution in [0.4, 0.5) is 5.69 Å². The van der Waals surface area contributed by atoms with Crippen LogP contribution in [0.5, 0.6) is 0 Å². The third-order valence-corrected chi connectivity index (χ3v) is 8.18. The van der Waals surface area contributed by atoms with Crippen LogP contribution < -0.4 is 9.73 Å². The number of amides is 1. The van der Waals surface area contributed by atoms with Gasteiger partial charge in [0.2, 0.25) is 0 Å². The highest BCUT2D eigenvalue weighted by Crippen LogP contribution is 2.32. The Balaban J connectivity index is 1.57. The summed E-state index contributed by atoms with van der Waals surface area (Å²) in [5.41, 5.74) is 5.34. The topological polar surface area (TPSA) is 78.8 Å². The van der Waals surface area contributed by atoms with E-state index < -0.39 is 15.9 Å². The lowest BCUT2D eigenvalue weighted by Gasteiger charge is -2.26. The van der Waals surface area contributed by atoms with Gasteiger partial charge in [0, 0.05) is 21.2 Å². The van der Waals surface area contributed by atoms with Gasteiger partial charge in [-0.25, -0.2) is 13.8 Å². The molecule has 4 aromatic rings. The molecule has 0 atom stereocenters. The second kappa shape index (κ2) is 11.6. The summed E-state index contributed by atoms with van der Waals surface area (Å²) in [6, 6.07) is 27.2. The van der Waals surface area contributed by atoms with Gasteiger partial charge in [0.25, 0.3) is 15.9 Å². The zero-order valence-electron chi connectivity index (χ0n) is 19.8. The van der Waals surface area contributed by atoms with Crippen LogP contribution in [0.25, 0.3) is 0 Å². The Hall–Kier alpha value is -3.65. The summed E-state index contributed by atoms with van der Waals surface area (Å²) < 4.78 is 28.6. The molecule has 0 aliphatic heterocycles. The fraction of sp³-hybridized carbons (Fsp3) is 0.0714. The van der Waals surface area contributed by atoms with Crippen molar-refractivity contribution in [3.8, 4) is 0 Å². The van der Waals surface area contributed by atoms with Crippen LogP contribution in [0.2, 0.25) is 10.0 Å². The van der Waals surface area contributed by atoms with E-state index in [0.29, 0.717) is 38.0 Å². The molecule has 4 rings (SSSR count). The van der Waals surface area contributed by atoms with E-state index in [9.17, 15) is 13.2 Å². The number of hydrogen-bond donors (Lipinski definition) is 1. The molecule has 0 unspecified atom stereocenters. The Bertz CT molecular complexity index is 1540. The maximum atomic E-state index is 13.6. The molecular formula is C28H23Cl2N3O3S. The van der Waals surface area contributed by atoms with Crippen molar-refractivity contribution in [3.05, 3.63) is 129 Å². The van der Waals surface area contributed by atoms with Gasteiger partial charge in [0.05, 0.1) is 23.3 Å². The zero-order chi connectivity index (χ0) is 26.4. The molecule has 0 saturated carbocycles. The van der Waals surface area contributed by atoms with Gasteiger partial charge in [0.1, 0.15) is 0 Å². The first-order valence-corrected chi connectivity index (χ1v) is 13.5. The van der Waals surface area contributed by atoms with Crippen molar-refractivity contribution in [1.82, 2.24) is 5.43 Å². The molecule has 0 fully saturated rings. The number of benzene rings is 4. The number of nitrogens with zero attached hydrogens (tertiary/aromatic N) is 2. The predicted molar refractivity (Wildman–Crippen MR) is 149 cm³/mol. The minimum Gasteiger partial charge on any atom is -0.267 e. The number of hydrazone groups is 1. The number of carbonyl (C=O) groups excluding carboxylic acids is 1. The molecule has 0 aliphatic carbocycles. The number of rotatable bonds is 8. The molecule has 0 saturated heterocycles. The Morgan fingerprint density at radius 3 is 2.22 bits per heavy atom. The van der Waals surface area contributed by atoms with E-state index >= 15 is 0 Å². The number of halogens is 2. The van der Waals surface area contributed by atoms with Crippen molar-refractivity contribution in [2.45, 2.75) is 18.4 Å². The SMILES string of the molecule is Cc1c(Cl)cccc1N(Cc1ccc(C(=O)N/N=C\c2ccccc2Cl)cc1)S(=O)(=O)c1ccccc1. The smallest absolute Gasteiger partial charge is 0.267 e. The number of sulfonamides is 1. The Labute approximate surface area is 226 Å². The second-order valence-corrected chi connectivity index (χ2v) is 10.8. The Morgan fingerprint density at radius 1 is 0.865 bits per heavy atom. The molecule has 37 heavy (non-hydrogen) atoms. The first-order chi connectivity index (χ1) is 17.8. The zero-order valence-corrected chi connectivity index (χ0v) is 22.1. The van der Waals surface area contributed by atoms with E-state index in [1.54, 1.807) is 97.9 Å². The molecule has 0 bridgehead atoms. The van der Waals surface area contributed by atoms with Crippen molar-refractivity contribution >= 4 is 51.0 Å². The van der Waals surface area contributed by atoms with Gasteiger partial charge in [-0.1, -0.05) is 77.8 Å². The van der Waals surface area contributed by atoms with E-state index in [1.165, 1.54) is 10.5 Å². The summed E-state index contributed by atoms with van der Waals surface area (Å²) in [5.74, 6) is -0.408. The van der Waals surface area contributed by atoms with Crippen LogP contribution in [0.15, 0.2) is 107 Å². The largest absolute Gasteiger partial charge is 0.271 e. The Morgan fingerprint density at radius 2 is 1.51 bits per heavy atom. The van der Waals surface area contributed by atoms with Crippen molar-refractivity contribution < 1.29 is 13.2 Å². The van der Waals surface area contributed by atoms with E-state index in [0.717, 1.165) is 0 Å². The first-order valence-electron chi connectivity index (χ1n) is 11.3. The summed E-state index contributed by atoms with van der Waals surface area (Å²) in [4.78, 5) is 12.7. The standard InChI is InChI=1S/C28H23Cl2N3O3S/c1-20-25(29)12-7-13-27(20)33(37(35,36)24-9-3-2-4-10-24)19-21-14-16-22(17-15-21)28(34)32-31-18-23-8-5-6-11-26(23)30/h2-18H,19H2,1H3,(H,32,34)/b31-18-. The van der Waals surface area contributed by atoms with Crippen molar-refractivity contribution in [3.63, 3.8) is 0 Å². The molecule has 0 radical (unpaired) electrons. The van der Waals surface area contributed by atoms with Crippen LogP contribution in [0.1, 0.15) is 27.0 Å². The fourth-order valence-corrected chi connectivity index (χ4v) is 5.50. The van der Waals surface area contributed by atoms with E-state index in [2.05, 4.69) is 10.5 Å². The molecule has 0 aromatic heterocycles. The van der Waals surface area contributed by atoms with Gasteiger partial charge in [0.15, 0.2) is 0 Å². The van der Waals surface area contributed by atoms with Crippen molar-refractivity contribution in [2.24, 2.45) is 5.10 Å². The average Bonchev–Trinajstić information content (AvgIpc) is 2.91. The van der Waals surface area contributed by atoms with Crippen molar-refractivity contribution in [2.75, 3.05) is 4.31 Å². The summed E-state index contributed by atoms with van der Waals surface area (Å²) in [6.07, 6.45) is 1.47. The molecule has 9 heteroatoms. The Kier molecular flexibility index (Phi) is 8.28. The summed E-state index contributed by atoms with van der Waals surface area (Å²) in [7, 11) is -3.89. The first kappa shape index (κ1) is 26.4.